The third-order valence-corrected chi connectivity index (χ3v) is 2.86. The zero-order valence-electron chi connectivity index (χ0n) is 9.47. The quantitative estimate of drug-likeness (QED) is 0.832. The number of thioether (sulfide) groups is 1. The monoisotopic (exact) mass is 226 g/mol. The minimum atomic E-state index is -0.430. The van der Waals surface area contributed by atoms with Crippen LogP contribution in [0.15, 0.2) is 18.3 Å². The predicted octanol–water partition coefficient (Wildman–Crippen LogP) is 1.93. The minimum Gasteiger partial charge on any atom is -0.389 e. The predicted molar refractivity (Wildman–Crippen MR) is 66.5 cm³/mol. The molecule has 0 aromatic carbocycles. The van der Waals surface area contributed by atoms with Gasteiger partial charge in [-0.05, 0) is 30.9 Å². The topological polar surface area (TPSA) is 36.4 Å². The van der Waals surface area contributed by atoms with E-state index in [0.717, 1.165) is 23.7 Å². The van der Waals surface area contributed by atoms with Crippen LogP contribution in [0.3, 0.4) is 0 Å². The summed E-state index contributed by atoms with van der Waals surface area (Å²) in [5.74, 6) is 2.00. The van der Waals surface area contributed by atoms with E-state index >= 15 is 0 Å². The van der Waals surface area contributed by atoms with Crippen LogP contribution in [0.1, 0.15) is 18.6 Å². The summed E-state index contributed by atoms with van der Waals surface area (Å²) in [5, 5.41) is 9.46. The Bertz CT molecular complexity index is 304. The lowest BCUT2D eigenvalue weighted by atomic mass is 10.2. The molecule has 0 amide bonds. The van der Waals surface area contributed by atoms with E-state index in [-0.39, 0.29) is 0 Å². The van der Waals surface area contributed by atoms with Crippen molar-refractivity contribution in [2.75, 3.05) is 30.5 Å². The van der Waals surface area contributed by atoms with Crippen LogP contribution in [0.4, 0.5) is 5.82 Å². The molecule has 3 nitrogen and oxygen atoms in total. The molecule has 0 unspecified atom stereocenters. The average molecular weight is 226 g/mol. The van der Waals surface area contributed by atoms with Gasteiger partial charge in [-0.3, -0.25) is 0 Å². The number of nitrogens with zero attached hydrogens (tertiary/aromatic N) is 2. The van der Waals surface area contributed by atoms with E-state index in [1.807, 2.05) is 30.9 Å². The molecule has 0 saturated heterocycles. The van der Waals surface area contributed by atoms with Crippen LogP contribution in [0.5, 0.6) is 0 Å². The van der Waals surface area contributed by atoms with Gasteiger partial charge in [-0.1, -0.05) is 0 Å². The molecule has 0 spiro atoms. The van der Waals surface area contributed by atoms with Crippen LogP contribution in [0, 0.1) is 0 Å². The summed E-state index contributed by atoms with van der Waals surface area (Å²) in [5.41, 5.74) is 0.913. The Hall–Kier alpha value is -0.740. The van der Waals surface area contributed by atoms with Gasteiger partial charge in [0.2, 0.25) is 0 Å². The second-order valence-corrected chi connectivity index (χ2v) is 4.52. The van der Waals surface area contributed by atoms with Crippen LogP contribution in [0.2, 0.25) is 0 Å². The van der Waals surface area contributed by atoms with E-state index in [0.29, 0.717) is 0 Å². The van der Waals surface area contributed by atoms with Crippen molar-refractivity contribution in [3.63, 3.8) is 0 Å². The molecule has 84 valence electrons. The van der Waals surface area contributed by atoms with Crippen molar-refractivity contribution in [3.8, 4) is 0 Å². The van der Waals surface area contributed by atoms with Gasteiger partial charge in [0.25, 0.3) is 0 Å². The third kappa shape index (κ3) is 3.72. The first-order chi connectivity index (χ1) is 7.15. The third-order valence-electron chi connectivity index (χ3n) is 2.27. The maximum absolute atomic E-state index is 9.46. The van der Waals surface area contributed by atoms with Crippen LogP contribution in [0.25, 0.3) is 0 Å². The highest BCUT2D eigenvalue weighted by molar-refractivity contribution is 7.98. The van der Waals surface area contributed by atoms with Gasteiger partial charge in [-0.2, -0.15) is 11.8 Å². The highest BCUT2D eigenvalue weighted by Crippen LogP contribution is 2.16. The first-order valence-electron chi connectivity index (χ1n) is 4.99. The summed E-state index contributed by atoms with van der Waals surface area (Å²) in [6.07, 6.45) is 3.40. The Morgan fingerprint density at radius 2 is 2.33 bits per heavy atom. The van der Waals surface area contributed by atoms with Crippen molar-refractivity contribution in [2.24, 2.45) is 0 Å². The fraction of sp³-hybridized carbons (Fsp3) is 0.545. The number of hydrogen-bond acceptors (Lipinski definition) is 4. The number of aliphatic hydroxyl groups excluding tert-OH is 1. The van der Waals surface area contributed by atoms with E-state index in [4.69, 9.17) is 0 Å². The molecule has 0 aliphatic carbocycles. The maximum Gasteiger partial charge on any atom is 0.128 e. The Balaban J connectivity index is 2.71. The fourth-order valence-electron chi connectivity index (χ4n) is 1.25. The summed E-state index contributed by atoms with van der Waals surface area (Å²) in [4.78, 5) is 6.38. The van der Waals surface area contributed by atoms with Gasteiger partial charge >= 0.3 is 0 Å². The standard InChI is InChI=1S/C11H18N2OS/c1-9(14)10-4-5-12-11(8-10)13(2)6-7-15-3/h4-5,8-9,14H,6-7H2,1-3H3/t9-/m0/s1. The molecule has 0 saturated carbocycles. The normalized spacial score (nSPS) is 12.5. The first kappa shape index (κ1) is 12.3. The molecule has 15 heavy (non-hydrogen) atoms. The second-order valence-electron chi connectivity index (χ2n) is 3.54. The fourth-order valence-corrected chi connectivity index (χ4v) is 1.70. The summed E-state index contributed by atoms with van der Waals surface area (Å²) in [6.45, 7) is 2.73. The summed E-state index contributed by atoms with van der Waals surface area (Å²) in [6, 6.07) is 3.78. The van der Waals surface area contributed by atoms with E-state index in [9.17, 15) is 5.11 Å². The Morgan fingerprint density at radius 3 is 2.93 bits per heavy atom. The second kappa shape index (κ2) is 5.98. The molecule has 1 aromatic rings. The number of anilines is 1. The van der Waals surface area contributed by atoms with Gasteiger partial charge in [0.15, 0.2) is 0 Å². The van der Waals surface area contributed by atoms with Gasteiger partial charge in [-0.15, -0.1) is 0 Å². The zero-order valence-corrected chi connectivity index (χ0v) is 10.3. The minimum absolute atomic E-state index is 0.430. The molecule has 1 rings (SSSR count). The van der Waals surface area contributed by atoms with Crippen molar-refractivity contribution in [1.29, 1.82) is 0 Å². The number of aromatic nitrogens is 1. The van der Waals surface area contributed by atoms with E-state index in [1.54, 1.807) is 13.1 Å². The molecule has 4 heteroatoms. The lowest BCUT2D eigenvalue weighted by molar-refractivity contribution is 0.199. The Kier molecular flexibility index (Phi) is 4.91. The molecule has 0 fully saturated rings. The molecule has 1 N–H and O–H groups in total. The lowest BCUT2D eigenvalue weighted by Crippen LogP contribution is -2.21. The first-order valence-corrected chi connectivity index (χ1v) is 6.38. The van der Waals surface area contributed by atoms with Crippen molar-refractivity contribution >= 4 is 17.6 Å². The van der Waals surface area contributed by atoms with Crippen LogP contribution in [-0.4, -0.2) is 35.7 Å². The molecular weight excluding hydrogens is 208 g/mol. The van der Waals surface area contributed by atoms with Gasteiger partial charge < -0.3 is 10.0 Å². The largest absolute Gasteiger partial charge is 0.389 e. The zero-order chi connectivity index (χ0) is 11.3. The molecule has 1 aromatic heterocycles. The number of pyridine rings is 1. The smallest absolute Gasteiger partial charge is 0.128 e. The molecule has 0 aliphatic heterocycles. The highest BCUT2D eigenvalue weighted by atomic mass is 32.2. The van der Waals surface area contributed by atoms with E-state index in [1.165, 1.54) is 0 Å². The van der Waals surface area contributed by atoms with Gasteiger partial charge in [0.05, 0.1) is 6.10 Å². The molecule has 0 radical (unpaired) electrons. The van der Waals surface area contributed by atoms with Gasteiger partial charge in [0, 0.05) is 25.5 Å². The van der Waals surface area contributed by atoms with Gasteiger partial charge in [-0.25, -0.2) is 4.98 Å². The van der Waals surface area contributed by atoms with Crippen molar-refractivity contribution in [1.82, 2.24) is 4.98 Å². The number of rotatable bonds is 5. The van der Waals surface area contributed by atoms with Gasteiger partial charge in [0.1, 0.15) is 5.82 Å². The summed E-state index contributed by atoms with van der Waals surface area (Å²) in [7, 11) is 2.02. The molecule has 1 atom stereocenters. The van der Waals surface area contributed by atoms with Crippen LogP contribution >= 0.6 is 11.8 Å². The summed E-state index contributed by atoms with van der Waals surface area (Å²) >= 11 is 1.82. The van der Waals surface area contributed by atoms with E-state index in [2.05, 4.69) is 16.1 Å². The lowest BCUT2D eigenvalue weighted by Gasteiger charge is -2.18. The molecule has 0 aliphatic rings. The number of hydrogen-bond donors (Lipinski definition) is 1. The SMILES string of the molecule is CSCCN(C)c1cc([C@H](C)O)ccn1. The number of aliphatic hydroxyl groups is 1. The molecule has 1 heterocycles. The average Bonchev–Trinajstić information content (AvgIpc) is 2.26. The van der Waals surface area contributed by atoms with Crippen LogP contribution in [-0.2, 0) is 0 Å². The highest BCUT2D eigenvalue weighted by Gasteiger charge is 2.05. The van der Waals surface area contributed by atoms with Crippen LogP contribution < -0.4 is 4.90 Å². The summed E-state index contributed by atoms with van der Waals surface area (Å²) < 4.78 is 0. The molecule has 0 bridgehead atoms. The van der Waals surface area contributed by atoms with E-state index < -0.39 is 6.10 Å². The molecular formula is C11H18N2OS. The maximum atomic E-state index is 9.46. The van der Waals surface area contributed by atoms with Crippen molar-refractivity contribution in [3.05, 3.63) is 23.9 Å². The Morgan fingerprint density at radius 1 is 1.60 bits per heavy atom. The Labute approximate surface area is 95.5 Å². The van der Waals surface area contributed by atoms with Crippen molar-refractivity contribution < 1.29 is 5.11 Å². The van der Waals surface area contributed by atoms with Crippen molar-refractivity contribution in [2.45, 2.75) is 13.0 Å².